The van der Waals surface area contributed by atoms with Gasteiger partial charge in [-0.15, -0.1) is 0 Å². The Kier molecular flexibility index (Phi) is 5.09. The molecule has 0 atom stereocenters. The summed E-state index contributed by atoms with van der Waals surface area (Å²) < 4.78 is 7.24. The average molecular weight is 336 g/mol. The van der Waals surface area contributed by atoms with Gasteiger partial charge in [-0.05, 0) is 36.8 Å². The molecule has 3 rings (SSSR count). The van der Waals surface area contributed by atoms with Crippen LogP contribution in [0.1, 0.15) is 22.8 Å². The van der Waals surface area contributed by atoms with Gasteiger partial charge in [0.1, 0.15) is 5.75 Å². The first-order valence-corrected chi connectivity index (χ1v) is 8.11. The highest BCUT2D eigenvalue weighted by molar-refractivity contribution is 5.96. The molecule has 0 saturated carbocycles. The van der Waals surface area contributed by atoms with E-state index in [0.29, 0.717) is 24.5 Å². The van der Waals surface area contributed by atoms with Crippen LogP contribution in [-0.2, 0) is 13.6 Å². The van der Waals surface area contributed by atoms with Gasteiger partial charge in [0.15, 0.2) is 0 Å². The van der Waals surface area contributed by atoms with E-state index in [1.54, 1.807) is 29.2 Å². The van der Waals surface area contributed by atoms with Crippen LogP contribution in [0.25, 0.3) is 11.3 Å². The van der Waals surface area contributed by atoms with E-state index in [2.05, 4.69) is 15.4 Å². The molecule has 1 aromatic carbocycles. The first kappa shape index (κ1) is 16.7. The smallest absolute Gasteiger partial charge is 0.255 e. The van der Waals surface area contributed by atoms with Crippen molar-refractivity contribution in [3.05, 3.63) is 66.1 Å². The lowest BCUT2D eigenvalue weighted by Crippen LogP contribution is -2.23. The predicted molar refractivity (Wildman–Crippen MR) is 95.2 cm³/mol. The molecule has 3 aromatic rings. The first-order chi connectivity index (χ1) is 12.2. The predicted octanol–water partition coefficient (Wildman–Crippen LogP) is 2.81. The minimum atomic E-state index is -0.163. The maximum atomic E-state index is 12.5. The van der Waals surface area contributed by atoms with Crippen LogP contribution in [0.2, 0.25) is 0 Å². The standard InChI is InChI=1S/C19H20N4O2/c1-3-25-18-7-5-4-6-16(18)19(24)21-11-14-8-9-20-17(10-14)15-12-22-23(2)13-15/h4-10,12-13H,3,11H2,1-2H3,(H,21,24). The van der Waals surface area contributed by atoms with Crippen molar-refractivity contribution in [1.82, 2.24) is 20.1 Å². The van der Waals surface area contributed by atoms with Crippen molar-refractivity contribution in [2.45, 2.75) is 13.5 Å². The van der Waals surface area contributed by atoms with E-state index < -0.39 is 0 Å². The molecule has 0 unspecified atom stereocenters. The Morgan fingerprint density at radius 3 is 2.88 bits per heavy atom. The van der Waals surface area contributed by atoms with Crippen LogP contribution < -0.4 is 10.1 Å². The lowest BCUT2D eigenvalue weighted by Gasteiger charge is -2.10. The third kappa shape index (κ3) is 4.03. The third-order valence-electron chi connectivity index (χ3n) is 3.71. The van der Waals surface area contributed by atoms with Crippen molar-refractivity contribution in [3.63, 3.8) is 0 Å². The minimum absolute atomic E-state index is 0.163. The van der Waals surface area contributed by atoms with Crippen molar-refractivity contribution in [1.29, 1.82) is 0 Å². The third-order valence-corrected chi connectivity index (χ3v) is 3.71. The second-order valence-corrected chi connectivity index (χ2v) is 5.56. The summed E-state index contributed by atoms with van der Waals surface area (Å²) in [6.45, 7) is 2.82. The summed E-state index contributed by atoms with van der Waals surface area (Å²) in [7, 11) is 1.86. The number of nitrogens with zero attached hydrogens (tertiary/aromatic N) is 3. The number of hydrogen-bond donors (Lipinski definition) is 1. The number of hydrogen-bond acceptors (Lipinski definition) is 4. The molecule has 1 N–H and O–H groups in total. The van der Waals surface area contributed by atoms with Crippen LogP contribution in [-0.4, -0.2) is 27.3 Å². The summed E-state index contributed by atoms with van der Waals surface area (Å²) in [5, 5.41) is 7.09. The first-order valence-electron chi connectivity index (χ1n) is 8.11. The Hall–Kier alpha value is -3.15. The fourth-order valence-electron chi connectivity index (χ4n) is 2.51. The summed E-state index contributed by atoms with van der Waals surface area (Å²) in [5.41, 5.74) is 3.27. The summed E-state index contributed by atoms with van der Waals surface area (Å²) in [5.74, 6) is 0.428. The molecule has 0 aliphatic heterocycles. The van der Waals surface area contributed by atoms with Crippen molar-refractivity contribution in [2.24, 2.45) is 7.05 Å². The van der Waals surface area contributed by atoms with Gasteiger partial charge in [-0.3, -0.25) is 14.5 Å². The minimum Gasteiger partial charge on any atom is -0.493 e. The lowest BCUT2D eigenvalue weighted by atomic mass is 10.1. The van der Waals surface area contributed by atoms with E-state index in [1.807, 2.05) is 44.4 Å². The van der Waals surface area contributed by atoms with Crippen molar-refractivity contribution >= 4 is 5.91 Å². The van der Waals surface area contributed by atoms with Gasteiger partial charge in [-0.2, -0.15) is 5.10 Å². The quantitative estimate of drug-likeness (QED) is 0.751. The van der Waals surface area contributed by atoms with Gasteiger partial charge in [0, 0.05) is 31.5 Å². The topological polar surface area (TPSA) is 69.0 Å². The monoisotopic (exact) mass is 336 g/mol. The Labute approximate surface area is 146 Å². The Balaban J connectivity index is 1.71. The lowest BCUT2D eigenvalue weighted by molar-refractivity contribution is 0.0947. The molecule has 0 fully saturated rings. The number of pyridine rings is 1. The zero-order valence-electron chi connectivity index (χ0n) is 14.3. The summed E-state index contributed by atoms with van der Waals surface area (Å²) in [4.78, 5) is 16.8. The molecule has 0 aliphatic rings. The van der Waals surface area contributed by atoms with Crippen LogP contribution in [0.3, 0.4) is 0 Å². The number of aromatic nitrogens is 3. The second kappa shape index (κ2) is 7.61. The van der Waals surface area contributed by atoms with Gasteiger partial charge in [-0.1, -0.05) is 12.1 Å². The van der Waals surface area contributed by atoms with Gasteiger partial charge in [-0.25, -0.2) is 0 Å². The molecular weight excluding hydrogens is 316 g/mol. The van der Waals surface area contributed by atoms with E-state index in [4.69, 9.17) is 4.74 Å². The van der Waals surface area contributed by atoms with E-state index in [1.165, 1.54) is 0 Å². The molecule has 0 bridgehead atoms. The molecule has 2 aromatic heterocycles. The molecule has 0 radical (unpaired) electrons. The largest absolute Gasteiger partial charge is 0.493 e. The highest BCUT2D eigenvalue weighted by Crippen LogP contribution is 2.19. The maximum Gasteiger partial charge on any atom is 0.255 e. The van der Waals surface area contributed by atoms with Crippen molar-refractivity contribution in [2.75, 3.05) is 6.61 Å². The van der Waals surface area contributed by atoms with E-state index in [-0.39, 0.29) is 5.91 Å². The number of amides is 1. The number of aryl methyl sites for hydroxylation is 1. The van der Waals surface area contributed by atoms with Crippen LogP contribution >= 0.6 is 0 Å². The molecule has 25 heavy (non-hydrogen) atoms. The number of carbonyl (C=O) groups excluding carboxylic acids is 1. The van der Waals surface area contributed by atoms with Crippen molar-refractivity contribution in [3.8, 4) is 17.0 Å². The summed E-state index contributed by atoms with van der Waals surface area (Å²) in [6, 6.07) is 11.1. The number of para-hydroxylation sites is 1. The van der Waals surface area contributed by atoms with Gasteiger partial charge < -0.3 is 10.1 Å². The Morgan fingerprint density at radius 1 is 1.28 bits per heavy atom. The molecule has 6 heteroatoms. The average Bonchev–Trinajstić information content (AvgIpc) is 3.07. The van der Waals surface area contributed by atoms with E-state index in [9.17, 15) is 4.79 Å². The van der Waals surface area contributed by atoms with Gasteiger partial charge in [0.05, 0.1) is 24.1 Å². The highest BCUT2D eigenvalue weighted by atomic mass is 16.5. The number of carbonyl (C=O) groups is 1. The molecule has 2 heterocycles. The molecule has 0 saturated heterocycles. The van der Waals surface area contributed by atoms with Gasteiger partial charge in [0.2, 0.25) is 0 Å². The van der Waals surface area contributed by atoms with Gasteiger partial charge >= 0.3 is 0 Å². The molecule has 1 amide bonds. The van der Waals surface area contributed by atoms with E-state index >= 15 is 0 Å². The number of ether oxygens (including phenoxy) is 1. The number of rotatable bonds is 6. The molecule has 0 spiro atoms. The summed E-state index contributed by atoms with van der Waals surface area (Å²) in [6.07, 6.45) is 5.41. The number of benzene rings is 1. The zero-order valence-corrected chi connectivity index (χ0v) is 14.3. The molecule has 6 nitrogen and oxygen atoms in total. The number of nitrogens with one attached hydrogen (secondary N) is 1. The van der Waals surface area contributed by atoms with Crippen LogP contribution in [0.4, 0.5) is 0 Å². The fraction of sp³-hybridized carbons (Fsp3) is 0.211. The zero-order chi connectivity index (χ0) is 17.6. The van der Waals surface area contributed by atoms with Crippen LogP contribution in [0.5, 0.6) is 5.75 Å². The SMILES string of the molecule is CCOc1ccccc1C(=O)NCc1ccnc(-c2cnn(C)c2)c1. The Bertz CT molecular complexity index is 873. The molecule has 0 aliphatic carbocycles. The summed E-state index contributed by atoms with van der Waals surface area (Å²) >= 11 is 0. The maximum absolute atomic E-state index is 12.5. The van der Waals surface area contributed by atoms with Gasteiger partial charge in [0.25, 0.3) is 5.91 Å². The van der Waals surface area contributed by atoms with Crippen LogP contribution in [0.15, 0.2) is 55.0 Å². The fourth-order valence-corrected chi connectivity index (χ4v) is 2.51. The second-order valence-electron chi connectivity index (χ2n) is 5.56. The highest BCUT2D eigenvalue weighted by Gasteiger charge is 2.11. The van der Waals surface area contributed by atoms with Crippen LogP contribution in [0, 0.1) is 0 Å². The normalized spacial score (nSPS) is 10.5. The molecular formula is C19H20N4O2. The van der Waals surface area contributed by atoms with Crippen molar-refractivity contribution < 1.29 is 9.53 Å². The Morgan fingerprint density at radius 2 is 2.12 bits per heavy atom. The van der Waals surface area contributed by atoms with E-state index in [0.717, 1.165) is 16.8 Å². The molecule has 128 valence electrons.